The Morgan fingerprint density at radius 1 is 1.45 bits per heavy atom. The highest BCUT2D eigenvalue weighted by molar-refractivity contribution is 5.70. The number of hydrogen-bond donors (Lipinski definition) is 1. The second kappa shape index (κ2) is 6.70. The number of carbonyl (C=O) groups is 1. The molecule has 0 aliphatic carbocycles. The van der Waals surface area contributed by atoms with E-state index in [1.807, 2.05) is 7.05 Å². The minimum absolute atomic E-state index is 0.0185. The fourth-order valence-corrected chi connectivity index (χ4v) is 2.58. The lowest BCUT2D eigenvalue weighted by Gasteiger charge is -2.32. The van der Waals surface area contributed by atoms with Crippen LogP contribution >= 0.6 is 0 Å². The van der Waals surface area contributed by atoms with Gasteiger partial charge in [0.25, 0.3) is 0 Å². The summed E-state index contributed by atoms with van der Waals surface area (Å²) in [5.74, 6) is -1.69. The van der Waals surface area contributed by atoms with E-state index < -0.39 is 17.7 Å². The average molecular weight is 281 g/mol. The Hall–Kier alpha value is -1.62. The van der Waals surface area contributed by atoms with Crippen LogP contribution in [-0.2, 0) is 4.79 Å². The number of benzene rings is 1. The summed E-state index contributed by atoms with van der Waals surface area (Å²) >= 11 is 0. The third-order valence-corrected chi connectivity index (χ3v) is 3.90. The molecule has 1 fully saturated rings. The number of aliphatic carboxylic acids is 1. The number of hydrogen-bond acceptors (Lipinski definition) is 3. The smallest absolute Gasteiger partial charge is 0.310 e. The van der Waals surface area contributed by atoms with E-state index in [4.69, 9.17) is 4.74 Å². The molecule has 0 spiro atoms. The van der Waals surface area contributed by atoms with Gasteiger partial charge in [-0.3, -0.25) is 4.79 Å². The lowest BCUT2D eigenvalue weighted by atomic mass is 9.85. The van der Waals surface area contributed by atoms with E-state index >= 15 is 0 Å². The van der Waals surface area contributed by atoms with Crippen molar-refractivity contribution in [2.75, 3.05) is 26.7 Å². The molecular weight excluding hydrogens is 261 g/mol. The third kappa shape index (κ3) is 3.70. The van der Waals surface area contributed by atoms with E-state index in [2.05, 4.69) is 4.90 Å². The largest absolute Gasteiger partial charge is 0.490 e. The molecule has 1 aliphatic rings. The van der Waals surface area contributed by atoms with Crippen LogP contribution in [-0.4, -0.2) is 42.7 Å². The van der Waals surface area contributed by atoms with Crippen molar-refractivity contribution in [2.24, 2.45) is 11.8 Å². The summed E-state index contributed by atoms with van der Waals surface area (Å²) in [6.45, 7) is 1.81. The predicted molar refractivity (Wildman–Crippen MR) is 73.2 cm³/mol. The van der Waals surface area contributed by atoms with Gasteiger partial charge in [0.05, 0.1) is 5.92 Å². The Morgan fingerprint density at radius 3 is 2.70 bits per heavy atom. The van der Waals surface area contributed by atoms with Gasteiger partial charge in [-0.15, -0.1) is 0 Å². The fraction of sp³-hybridized carbons (Fsp3) is 0.533. The first-order valence-electron chi connectivity index (χ1n) is 6.86. The minimum atomic E-state index is -0.865. The van der Waals surface area contributed by atoms with Crippen molar-refractivity contribution in [3.05, 3.63) is 30.1 Å². The summed E-state index contributed by atoms with van der Waals surface area (Å²) in [4.78, 5) is 13.6. The molecule has 1 aromatic carbocycles. The van der Waals surface area contributed by atoms with Gasteiger partial charge < -0.3 is 14.7 Å². The van der Waals surface area contributed by atoms with Gasteiger partial charge in [0.2, 0.25) is 0 Å². The number of para-hydroxylation sites is 1. The van der Waals surface area contributed by atoms with Crippen molar-refractivity contribution in [3.63, 3.8) is 0 Å². The maximum Gasteiger partial charge on any atom is 0.310 e. The molecule has 2 rings (SSSR count). The number of halogens is 1. The summed E-state index contributed by atoms with van der Waals surface area (Å²) in [6.07, 6.45) is 1.68. The van der Waals surface area contributed by atoms with Gasteiger partial charge >= 0.3 is 5.97 Å². The molecule has 0 amide bonds. The number of carboxylic acids is 1. The molecule has 1 unspecified atom stereocenters. The molecule has 1 atom stereocenters. The van der Waals surface area contributed by atoms with Gasteiger partial charge in [0, 0.05) is 0 Å². The van der Waals surface area contributed by atoms with Crippen molar-refractivity contribution in [3.8, 4) is 5.75 Å². The van der Waals surface area contributed by atoms with Gasteiger partial charge in [-0.1, -0.05) is 12.1 Å². The van der Waals surface area contributed by atoms with Crippen molar-refractivity contribution in [2.45, 2.75) is 12.8 Å². The number of likely N-dealkylation sites (tertiary alicyclic amines) is 1. The molecule has 0 aromatic heterocycles. The lowest BCUT2D eigenvalue weighted by molar-refractivity contribution is -0.145. The SMILES string of the molecule is CN1CCC(C(COc2ccccc2F)C(=O)O)CC1. The number of rotatable bonds is 5. The second-order valence-electron chi connectivity index (χ2n) is 5.33. The van der Waals surface area contributed by atoms with E-state index in [1.165, 1.54) is 12.1 Å². The number of carboxylic acid groups (broad SMARTS) is 1. The van der Waals surface area contributed by atoms with Crippen LogP contribution in [0.25, 0.3) is 0 Å². The monoisotopic (exact) mass is 281 g/mol. The zero-order valence-electron chi connectivity index (χ0n) is 11.6. The van der Waals surface area contributed by atoms with E-state index in [0.717, 1.165) is 25.9 Å². The minimum Gasteiger partial charge on any atom is -0.490 e. The predicted octanol–water partition coefficient (Wildman–Crippen LogP) is 2.25. The Morgan fingerprint density at radius 2 is 2.10 bits per heavy atom. The maximum absolute atomic E-state index is 13.5. The molecule has 110 valence electrons. The summed E-state index contributed by atoms with van der Waals surface area (Å²) in [5.41, 5.74) is 0. The van der Waals surface area contributed by atoms with Crippen LogP contribution in [0.4, 0.5) is 4.39 Å². The molecule has 5 heteroatoms. The molecule has 1 heterocycles. The molecule has 20 heavy (non-hydrogen) atoms. The first-order valence-corrected chi connectivity index (χ1v) is 6.86. The van der Waals surface area contributed by atoms with Crippen molar-refractivity contribution in [1.82, 2.24) is 4.90 Å². The van der Waals surface area contributed by atoms with E-state index in [-0.39, 0.29) is 18.3 Å². The van der Waals surface area contributed by atoms with Gasteiger partial charge in [-0.05, 0) is 51.0 Å². The van der Waals surface area contributed by atoms with Crippen LogP contribution in [0.15, 0.2) is 24.3 Å². The second-order valence-corrected chi connectivity index (χ2v) is 5.33. The van der Waals surface area contributed by atoms with Crippen molar-refractivity contribution >= 4 is 5.97 Å². The first kappa shape index (κ1) is 14.8. The molecular formula is C15H20FNO3. The van der Waals surface area contributed by atoms with Crippen LogP contribution < -0.4 is 4.74 Å². The quantitative estimate of drug-likeness (QED) is 0.899. The van der Waals surface area contributed by atoms with Gasteiger partial charge in [0.1, 0.15) is 6.61 Å². The number of nitrogens with zero attached hydrogens (tertiary/aromatic N) is 1. The maximum atomic E-state index is 13.5. The first-order chi connectivity index (χ1) is 9.58. The highest BCUT2D eigenvalue weighted by Crippen LogP contribution is 2.26. The van der Waals surface area contributed by atoms with Crippen molar-refractivity contribution < 1.29 is 19.0 Å². The van der Waals surface area contributed by atoms with Crippen LogP contribution in [0.3, 0.4) is 0 Å². The zero-order chi connectivity index (χ0) is 14.5. The molecule has 0 bridgehead atoms. The Balaban J connectivity index is 1.96. The Kier molecular flexibility index (Phi) is 4.95. The van der Waals surface area contributed by atoms with Crippen LogP contribution in [0.5, 0.6) is 5.75 Å². The highest BCUT2D eigenvalue weighted by Gasteiger charge is 2.31. The van der Waals surface area contributed by atoms with Gasteiger partial charge in [-0.2, -0.15) is 0 Å². The summed E-state index contributed by atoms with van der Waals surface area (Å²) in [7, 11) is 2.03. The number of piperidine rings is 1. The van der Waals surface area contributed by atoms with E-state index in [0.29, 0.717) is 0 Å². The summed E-state index contributed by atoms with van der Waals surface area (Å²) in [6, 6.07) is 6.07. The van der Waals surface area contributed by atoms with Gasteiger partial charge in [-0.25, -0.2) is 4.39 Å². The van der Waals surface area contributed by atoms with E-state index in [9.17, 15) is 14.3 Å². The highest BCUT2D eigenvalue weighted by atomic mass is 19.1. The van der Waals surface area contributed by atoms with Crippen LogP contribution in [0, 0.1) is 17.7 Å². The molecule has 1 saturated heterocycles. The molecule has 1 aromatic rings. The third-order valence-electron chi connectivity index (χ3n) is 3.90. The van der Waals surface area contributed by atoms with Crippen LogP contribution in [0.1, 0.15) is 12.8 Å². The molecule has 0 saturated carbocycles. The van der Waals surface area contributed by atoms with Crippen LogP contribution in [0.2, 0.25) is 0 Å². The van der Waals surface area contributed by atoms with Crippen molar-refractivity contribution in [1.29, 1.82) is 0 Å². The number of ether oxygens (including phenoxy) is 1. The molecule has 0 radical (unpaired) electrons. The lowest BCUT2D eigenvalue weighted by Crippen LogP contribution is -2.38. The van der Waals surface area contributed by atoms with E-state index in [1.54, 1.807) is 12.1 Å². The molecule has 1 N–H and O–H groups in total. The standard InChI is InChI=1S/C15H20FNO3/c1-17-8-6-11(7-9-17)12(15(18)19)10-20-14-5-3-2-4-13(14)16/h2-5,11-12H,6-10H2,1H3,(H,18,19). The summed E-state index contributed by atoms with van der Waals surface area (Å²) in [5, 5.41) is 9.35. The topological polar surface area (TPSA) is 49.8 Å². The van der Waals surface area contributed by atoms with Gasteiger partial charge in [0.15, 0.2) is 11.6 Å². The fourth-order valence-electron chi connectivity index (χ4n) is 2.58. The zero-order valence-corrected chi connectivity index (χ0v) is 11.6. The average Bonchev–Trinajstić information content (AvgIpc) is 2.42. The Bertz CT molecular complexity index is 458. The Labute approximate surface area is 118 Å². The summed E-state index contributed by atoms with van der Waals surface area (Å²) < 4.78 is 18.8. The normalized spacial score (nSPS) is 18.7. The molecule has 1 aliphatic heterocycles. The molecule has 4 nitrogen and oxygen atoms in total.